The molecule has 1 aromatic rings. The molecule has 1 heterocycles. The SMILES string of the molecule is CCCCCCC(CCCC)Cc1ncco1. The van der Waals surface area contributed by atoms with Gasteiger partial charge in [-0.2, -0.15) is 0 Å². The molecule has 0 radical (unpaired) electrons. The van der Waals surface area contributed by atoms with Crippen LogP contribution in [0.5, 0.6) is 0 Å². The van der Waals surface area contributed by atoms with Crippen molar-refractivity contribution in [3.05, 3.63) is 18.4 Å². The molecule has 1 rings (SSSR count). The summed E-state index contributed by atoms with van der Waals surface area (Å²) in [7, 11) is 0. The van der Waals surface area contributed by atoms with Crippen LogP contribution in [0.4, 0.5) is 0 Å². The molecular formula is C15H27NO. The third kappa shape index (κ3) is 6.50. The van der Waals surface area contributed by atoms with Crippen LogP contribution in [0.25, 0.3) is 0 Å². The van der Waals surface area contributed by atoms with Gasteiger partial charge in [0.25, 0.3) is 0 Å². The smallest absolute Gasteiger partial charge is 0.194 e. The zero-order valence-electron chi connectivity index (χ0n) is 11.5. The van der Waals surface area contributed by atoms with Crippen LogP contribution in [0.3, 0.4) is 0 Å². The average Bonchev–Trinajstić information content (AvgIpc) is 2.84. The monoisotopic (exact) mass is 237 g/mol. The average molecular weight is 237 g/mol. The predicted molar refractivity (Wildman–Crippen MR) is 72.0 cm³/mol. The van der Waals surface area contributed by atoms with Gasteiger partial charge in [-0.25, -0.2) is 4.98 Å². The standard InChI is InChI=1S/C15H27NO/c1-3-5-7-8-10-14(9-6-4-2)13-15-16-11-12-17-15/h11-12,14H,3-10,13H2,1-2H3. The van der Waals surface area contributed by atoms with Crippen molar-refractivity contribution >= 4 is 0 Å². The molecule has 98 valence electrons. The second kappa shape index (κ2) is 9.26. The topological polar surface area (TPSA) is 26.0 Å². The molecule has 0 saturated carbocycles. The Labute approximate surface area is 106 Å². The van der Waals surface area contributed by atoms with Crippen LogP contribution in [0.1, 0.15) is 71.1 Å². The van der Waals surface area contributed by atoms with Crippen LogP contribution < -0.4 is 0 Å². The second-order valence-corrected chi connectivity index (χ2v) is 4.99. The third-order valence-electron chi connectivity index (χ3n) is 3.38. The Bertz CT molecular complexity index is 256. The fourth-order valence-electron chi connectivity index (χ4n) is 2.30. The van der Waals surface area contributed by atoms with Gasteiger partial charge in [0.15, 0.2) is 5.89 Å². The number of unbranched alkanes of at least 4 members (excludes halogenated alkanes) is 4. The predicted octanol–water partition coefficient (Wildman–Crippen LogP) is 4.99. The molecular weight excluding hydrogens is 210 g/mol. The van der Waals surface area contributed by atoms with Crippen LogP contribution in [0, 0.1) is 5.92 Å². The van der Waals surface area contributed by atoms with Gasteiger partial charge < -0.3 is 4.42 Å². The van der Waals surface area contributed by atoms with Crippen molar-refractivity contribution in [2.75, 3.05) is 0 Å². The number of rotatable bonds is 10. The largest absolute Gasteiger partial charge is 0.449 e. The molecule has 1 unspecified atom stereocenters. The van der Waals surface area contributed by atoms with Crippen molar-refractivity contribution in [3.63, 3.8) is 0 Å². The van der Waals surface area contributed by atoms with E-state index >= 15 is 0 Å². The van der Waals surface area contributed by atoms with E-state index in [1.807, 2.05) is 0 Å². The molecule has 0 amide bonds. The van der Waals surface area contributed by atoms with Crippen molar-refractivity contribution in [1.29, 1.82) is 0 Å². The van der Waals surface area contributed by atoms with Gasteiger partial charge in [0.05, 0.1) is 6.20 Å². The van der Waals surface area contributed by atoms with Gasteiger partial charge in [0.2, 0.25) is 0 Å². The molecule has 1 aromatic heterocycles. The molecule has 2 nitrogen and oxygen atoms in total. The molecule has 0 saturated heterocycles. The fourth-order valence-corrected chi connectivity index (χ4v) is 2.30. The molecule has 0 fully saturated rings. The van der Waals surface area contributed by atoms with Gasteiger partial charge in [-0.05, 0) is 18.8 Å². The number of aromatic nitrogens is 1. The lowest BCUT2D eigenvalue weighted by molar-refractivity contribution is 0.368. The van der Waals surface area contributed by atoms with Gasteiger partial charge >= 0.3 is 0 Å². The maximum absolute atomic E-state index is 5.36. The van der Waals surface area contributed by atoms with Crippen LogP contribution in [-0.2, 0) is 6.42 Å². The van der Waals surface area contributed by atoms with Crippen LogP contribution in [0.2, 0.25) is 0 Å². The Balaban J connectivity index is 2.26. The maximum atomic E-state index is 5.36. The van der Waals surface area contributed by atoms with Crippen molar-refractivity contribution in [1.82, 2.24) is 4.98 Å². The molecule has 2 heteroatoms. The second-order valence-electron chi connectivity index (χ2n) is 4.99. The van der Waals surface area contributed by atoms with E-state index in [1.54, 1.807) is 12.5 Å². The summed E-state index contributed by atoms with van der Waals surface area (Å²) in [5.74, 6) is 1.69. The molecule has 0 spiro atoms. The summed E-state index contributed by atoms with van der Waals surface area (Å²) >= 11 is 0. The molecule has 0 aliphatic rings. The molecule has 0 N–H and O–H groups in total. The van der Waals surface area contributed by atoms with Gasteiger partial charge in [0.1, 0.15) is 6.26 Å². The molecule has 0 bridgehead atoms. The molecule has 17 heavy (non-hydrogen) atoms. The highest BCUT2D eigenvalue weighted by molar-refractivity contribution is 4.82. The van der Waals surface area contributed by atoms with Crippen LogP contribution in [0.15, 0.2) is 16.9 Å². The Hall–Kier alpha value is -0.790. The van der Waals surface area contributed by atoms with Crippen LogP contribution >= 0.6 is 0 Å². The molecule has 0 aliphatic heterocycles. The van der Waals surface area contributed by atoms with E-state index in [1.165, 1.54) is 51.4 Å². The van der Waals surface area contributed by atoms with Crippen molar-refractivity contribution < 1.29 is 4.42 Å². The first kappa shape index (κ1) is 14.3. The summed E-state index contributed by atoms with van der Waals surface area (Å²) in [6.07, 6.45) is 15.2. The lowest BCUT2D eigenvalue weighted by Crippen LogP contribution is -2.05. The Morgan fingerprint density at radius 3 is 2.47 bits per heavy atom. The maximum Gasteiger partial charge on any atom is 0.194 e. The summed E-state index contributed by atoms with van der Waals surface area (Å²) in [5.41, 5.74) is 0. The van der Waals surface area contributed by atoms with E-state index in [4.69, 9.17) is 4.42 Å². The quantitative estimate of drug-likeness (QED) is 0.535. The minimum absolute atomic E-state index is 0.769. The van der Waals surface area contributed by atoms with E-state index in [0.29, 0.717) is 0 Å². The van der Waals surface area contributed by atoms with Gasteiger partial charge in [0, 0.05) is 6.42 Å². The number of hydrogen-bond donors (Lipinski definition) is 0. The van der Waals surface area contributed by atoms with E-state index < -0.39 is 0 Å². The summed E-state index contributed by atoms with van der Waals surface area (Å²) in [6, 6.07) is 0. The first-order valence-electron chi connectivity index (χ1n) is 7.25. The summed E-state index contributed by atoms with van der Waals surface area (Å²) < 4.78 is 5.36. The van der Waals surface area contributed by atoms with E-state index in [9.17, 15) is 0 Å². The number of oxazole rings is 1. The van der Waals surface area contributed by atoms with Gasteiger partial charge in [-0.15, -0.1) is 0 Å². The highest BCUT2D eigenvalue weighted by atomic mass is 16.3. The number of hydrogen-bond acceptors (Lipinski definition) is 2. The van der Waals surface area contributed by atoms with E-state index in [2.05, 4.69) is 18.8 Å². The van der Waals surface area contributed by atoms with E-state index in [0.717, 1.165) is 18.2 Å². The first-order valence-corrected chi connectivity index (χ1v) is 7.25. The Morgan fingerprint density at radius 1 is 1.06 bits per heavy atom. The van der Waals surface area contributed by atoms with Crippen LogP contribution in [-0.4, -0.2) is 4.98 Å². The number of nitrogens with zero attached hydrogens (tertiary/aromatic N) is 1. The van der Waals surface area contributed by atoms with Crippen molar-refractivity contribution in [3.8, 4) is 0 Å². The highest BCUT2D eigenvalue weighted by Gasteiger charge is 2.11. The summed E-state index contributed by atoms with van der Waals surface area (Å²) in [4.78, 5) is 4.24. The summed E-state index contributed by atoms with van der Waals surface area (Å²) in [6.45, 7) is 4.53. The zero-order chi connectivity index (χ0) is 12.3. The zero-order valence-corrected chi connectivity index (χ0v) is 11.5. The van der Waals surface area contributed by atoms with Crippen molar-refractivity contribution in [2.24, 2.45) is 5.92 Å². The molecule has 1 atom stereocenters. The third-order valence-corrected chi connectivity index (χ3v) is 3.38. The summed E-state index contributed by atoms with van der Waals surface area (Å²) in [5, 5.41) is 0. The molecule has 0 aromatic carbocycles. The minimum Gasteiger partial charge on any atom is -0.449 e. The highest BCUT2D eigenvalue weighted by Crippen LogP contribution is 2.21. The normalized spacial score (nSPS) is 12.8. The molecule has 0 aliphatic carbocycles. The van der Waals surface area contributed by atoms with Gasteiger partial charge in [-0.1, -0.05) is 52.4 Å². The Kier molecular flexibility index (Phi) is 7.78. The minimum atomic E-state index is 0.769. The fraction of sp³-hybridized carbons (Fsp3) is 0.800. The van der Waals surface area contributed by atoms with E-state index in [-0.39, 0.29) is 0 Å². The lowest BCUT2D eigenvalue weighted by atomic mass is 9.92. The van der Waals surface area contributed by atoms with Gasteiger partial charge in [-0.3, -0.25) is 0 Å². The Morgan fingerprint density at radius 2 is 1.82 bits per heavy atom. The first-order chi connectivity index (χ1) is 8.36. The van der Waals surface area contributed by atoms with Crippen molar-refractivity contribution in [2.45, 2.75) is 71.6 Å². The lowest BCUT2D eigenvalue weighted by Gasteiger charge is -2.14.